The molecule has 0 spiro atoms. The van der Waals surface area contributed by atoms with Crippen LogP contribution in [-0.2, 0) is 0 Å². The molecule has 1 aromatic heterocycles. The summed E-state index contributed by atoms with van der Waals surface area (Å²) in [6.07, 6.45) is 1.26. The molecule has 3 rings (SSSR count). The van der Waals surface area contributed by atoms with Crippen molar-refractivity contribution in [2.75, 3.05) is 0 Å². The minimum absolute atomic E-state index is 0.0741. The van der Waals surface area contributed by atoms with Crippen LogP contribution in [0, 0.1) is 15.9 Å². The zero-order valence-corrected chi connectivity index (χ0v) is 13.3. The van der Waals surface area contributed by atoms with Crippen LogP contribution in [0.3, 0.4) is 0 Å². The molecule has 8 heteroatoms. The normalized spacial score (nSPS) is 10.8. The molecule has 0 saturated heterocycles. The zero-order chi connectivity index (χ0) is 18.5. The maximum atomic E-state index is 12.8. The Bertz CT molecular complexity index is 980. The van der Waals surface area contributed by atoms with E-state index in [0.717, 1.165) is 0 Å². The fraction of sp³-hybridized carbons (Fsp3) is 0. The van der Waals surface area contributed by atoms with Gasteiger partial charge in [0.15, 0.2) is 0 Å². The number of benzene rings is 2. The van der Waals surface area contributed by atoms with Gasteiger partial charge < -0.3 is 4.42 Å². The van der Waals surface area contributed by atoms with E-state index in [4.69, 9.17) is 4.42 Å². The summed E-state index contributed by atoms with van der Waals surface area (Å²) in [5.41, 5.74) is 2.80. The van der Waals surface area contributed by atoms with Crippen LogP contribution in [0.1, 0.15) is 16.1 Å². The van der Waals surface area contributed by atoms with E-state index in [-0.39, 0.29) is 11.3 Å². The molecular weight excluding hydrogens is 341 g/mol. The molecule has 0 unspecified atom stereocenters. The van der Waals surface area contributed by atoms with Crippen molar-refractivity contribution in [1.29, 1.82) is 0 Å². The maximum absolute atomic E-state index is 12.8. The van der Waals surface area contributed by atoms with Gasteiger partial charge in [0.1, 0.15) is 17.3 Å². The molecule has 7 nitrogen and oxygen atoms in total. The number of halogens is 1. The van der Waals surface area contributed by atoms with Gasteiger partial charge in [0.2, 0.25) is 0 Å². The molecular formula is C18H12FN3O4. The van der Waals surface area contributed by atoms with Crippen LogP contribution in [0.4, 0.5) is 10.1 Å². The van der Waals surface area contributed by atoms with Gasteiger partial charge in [0, 0.05) is 11.6 Å². The van der Waals surface area contributed by atoms with Crippen LogP contribution in [0.25, 0.3) is 11.3 Å². The Morgan fingerprint density at radius 1 is 1.12 bits per heavy atom. The lowest BCUT2D eigenvalue weighted by molar-refractivity contribution is -0.384. The van der Waals surface area contributed by atoms with Crippen LogP contribution in [0.5, 0.6) is 0 Å². The van der Waals surface area contributed by atoms with Crippen molar-refractivity contribution in [1.82, 2.24) is 5.43 Å². The molecule has 2 aromatic carbocycles. The second kappa shape index (κ2) is 7.39. The summed E-state index contributed by atoms with van der Waals surface area (Å²) in [5.74, 6) is -0.337. The van der Waals surface area contributed by atoms with Crippen molar-refractivity contribution in [3.63, 3.8) is 0 Å². The molecule has 1 amide bonds. The van der Waals surface area contributed by atoms with Crippen LogP contribution >= 0.6 is 0 Å². The highest BCUT2D eigenvalue weighted by Crippen LogP contribution is 2.30. The first-order valence-corrected chi connectivity index (χ1v) is 7.47. The SMILES string of the molecule is O=C(NN=Cc1ccc(-c2ccccc2[N+](=O)[O-])o1)c1ccc(F)cc1. The quantitative estimate of drug-likeness (QED) is 0.429. The Kier molecular flexibility index (Phi) is 4.84. The Balaban J connectivity index is 1.71. The number of hydrazone groups is 1. The van der Waals surface area contributed by atoms with Crippen LogP contribution in [0.2, 0.25) is 0 Å². The lowest BCUT2D eigenvalue weighted by Gasteiger charge is -1.99. The second-order valence-corrected chi connectivity index (χ2v) is 5.18. The zero-order valence-electron chi connectivity index (χ0n) is 13.3. The highest BCUT2D eigenvalue weighted by Gasteiger charge is 2.16. The minimum atomic E-state index is -0.508. The molecule has 0 aliphatic heterocycles. The lowest BCUT2D eigenvalue weighted by Crippen LogP contribution is -2.17. The second-order valence-electron chi connectivity index (χ2n) is 5.18. The Morgan fingerprint density at radius 2 is 1.85 bits per heavy atom. The van der Waals surface area contributed by atoms with E-state index in [1.165, 1.54) is 36.5 Å². The number of para-hydroxylation sites is 1. The largest absolute Gasteiger partial charge is 0.455 e. The molecule has 0 aliphatic carbocycles. The average molecular weight is 353 g/mol. The highest BCUT2D eigenvalue weighted by molar-refractivity contribution is 5.94. The number of furan rings is 1. The molecule has 0 saturated carbocycles. The van der Waals surface area contributed by atoms with E-state index >= 15 is 0 Å². The molecule has 0 bridgehead atoms. The summed E-state index contributed by atoms with van der Waals surface area (Å²) < 4.78 is 18.3. The number of hydrogen-bond donors (Lipinski definition) is 1. The van der Waals surface area contributed by atoms with Gasteiger partial charge in [0.05, 0.1) is 16.7 Å². The minimum Gasteiger partial charge on any atom is -0.455 e. The molecule has 0 aliphatic rings. The van der Waals surface area contributed by atoms with Crippen molar-refractivity contribution in [2.45, 2.75) is 0 Å². The van der Waals surface area contributed by atoms with Gasteiger partial charge in [-0.3, -0.25) is 14.9 Å². The van der Waals surface area contributed by atoms with E-state index in [1.54, 1.807) is 30.3 Å². The predicted molar refractivity (Wildman–Crippen MR) is 92.3 cm³/mol. The summed E-state index contributed by atoms with van der Waals surface area (Å²) in [4.78, 5) is 22.4. The maximum Gasteiger partial charge on any atom is 0.280 e. The summed E-state index contributed by atoms with van der Waals surface area (Å²) in [5, 5.41) is 14.8. The van der Waals surface area contributed by atoms with Crippen molar-refractivity contribution in [3.8, 4) is 11.3 Å². The molecule has 3 aromatic rings. The van der Waals surface area contributed by atoms with Gasteiger partial charge in [-0.1, -0.05) is 12.1 Å². The van der Waals surface area contributed by atoms with E-state index in [0.29, 0.717) is 17.1 Å². The van der Waals surface area contributed by atoms with Crippen LogP contribution in [0.15, 0.2) is 70.2 Å². The number of nitro benzene ring substituents is 1. The monoisotopic (exact) mass is 353 g/mol. The molecule has 1 N–H and O–H groups in total. The molecule has 1 heterocycles. The van der Waals surface area contributed by atoms with Crippen molar-refractivity contribution in [2.24, 2.45) is 5.10 Å². The number of amides is 1. The third kappa shape index (κ3) is 3.81. The first-order valence-electron chi connectivity index (χ1n) is 7.47. The number of nitrogens with one attached hydrogen (secondary N) is 1. The van der Waals surface area contributed by atoms with Gasteiger partial charge in [-0.25, -0.2) is 9.82 Å². The molecule has 0 fully saturated rings. The Hall–Kier alpha value is -3.81. The number of hydrogen-bond acceptors (Lipinski definition) is 5. The van der Waals surface area contributed by atoms with Gasteiger partial charge in [-0.05, 0) is 42.5 Å². The predicted octanol–water partition coefficient (Wildman–Crippen LogP) is 3.76. The fourth-order valence-electron chi connectivity index (χ4n) is 2.23. The first kappa shape index (κ1) is 17.0. The average Bonchev–Trinajstić information content (AvgIpc) is 3.11. The van der Waals surface area contributed by atoms with E-state index < -0.39 is 16.6 Å². The standard InChI is InChI=1S/C18H12FN3O4/c19-13-7-5-12(6-8-13)18(23)21-20-11-14-9-10-17(26-14)15-3-1-2-4-16(15)22(24)25/h1-11H,(H,21,23). The molecule has 0 atom stereocenters. The van der Waals surface area contributed by atoms with E-state index in [1.807, 2.05) is 0 Å². The van der Waals surface area contributed by atoms with Crippen molar-refractivity contribution >= 4 is 17.8 Å². The Labute approximate surface area is 146 Å². The number of nitrogens with zero attached hydrogens (tertiary/aromatic N) is 2. The smallest absolute Gasteiger partial charge is 0.280 e. The van der Waals surface area contributed by atoms with Gasteiger partial charge in [-0.15, -0.1) is 0 Å². The van der Waals surface area contributed by atoms with Crippen LogP contribution in [-0.4, -0.2) is 17.0 Å². The summed E-state index contributed by atoms with van der Waals surface area (Å²) in [6.45, 7) is 0. The summed E-state index contributed by atoms with van der Waals surface area (Å²) in [7, 11) is 0. The molecule has 0 radical (unpaired) electrons. The highest BCUT2D eigenvalue weighted by atomic mass is 19.1. The summed E-state index contributed by atoms with van der Waals surface area (Å²) >= 11 is 0. The molecule has 130 valence electrons. The molecule has 26 heavy (non-hydrogen) atoms. The first-order chi connectivity index (χ1) is 12.5. The lowest BCUT2D eigenvalue weighted by atomic mass is 10.1. The topological polar surface area (TPSA) is 97.7 Å². The third-order valence-electron chi connectivity index (χ3n) is 3.46. The number of carbonyl (C=O) groups excluding carboxylic acids is 1. The van der Waals surface area contributed by atoms with Crippen molar-refractivity contribution in [3.05, 3.63) is 87.9 Å². The fourth-order valence-corrected chi connectivity index (χ4v) is 2.23. The number of rotatable bonds is 5. The summed E-state index contributed by atoms with van der Waals surface area (Å²) in [6, 6.07) is 14.3. The Morgan fingerprint density at radius 3 is 2.58 bits per heavy atom. The number of carbonyl (C=O) groups is 1. The van der Waals surface area contributed by atoms with Gasteiger partial charge in [0.25, 0.3) is 11.6 Å². The van der Waals surface area contributed by atoms with Gasteiger partial charge >= 0.3 is 0 Å². The number of nitro groups is 1. The van der Waals surface area contributed by atoms with E-state index in [2.05, 4.69) is 10.5 Å². The third-order valence-corrected chi connectivity index (χ3v) is 3.46. The van der Waals surface area contributed by atoms with Gasteiger partial charge in [-0.2, -0.15) is 5.10 Å². The van der Waals surface area contributed by atoms with E-state index in [9.17, 15) is 19.3 Å². The van der Waals surface area contributed by atoms with Crippen LogP contribution < -0.4 is 5.43 Å². The van der Waals surface area contributed by atoms with Crippen molar-refractivity contribution < 1.29 is 18.5 Å².